The lowest BCUT2D eigenvalue weighted by molar-refractivity contribution is -0.123. The number of anilines is 1. The number of carbonyl (C=O) groups is 3. The number of hydrogen-bond acceptors (Lipinski definition) is 6. The van der Waals surface area contributed by atoms with E-state index in [1.807, 2.05) is 24.3 Å². The number of halogens is 2. The predicted octanol–water partition coefficient (Wildman–Crippen LogP) is 6.21. The average molecular weight is 635 g/mol. The van der Waals surface area contributed by atoms with Crippen LogP contribution in [0.1, 0.15) is 11.1 Å². The standard InChI is InChI=1S/C26H20ClIN2O5S/c1-34-22-12-17(4-11-21(22)35-15-24(31)29-20-9-5-18(27)6-10-20)13-23-25(32)30(26(33)36-23)14-16-2-7-19(28)8-3-16/h2-13H,14-15H2,1H3,(H,29,31)/b23-13-. The van der Waals surface area contributed by atoms with E-state index in [1.54, 1.807) is 48.5 Å². The molecule has 1 fully saturated rings. The summed E-state index contributed by atoms with van der Waals surface area (Å²) in [6, 6.07) is 19.5. The summed E-state index contributed by atoms with van der Waals surface area (Å²) in [5.74, 6) is 0.0702. The number of nitrogens with zero attached hydrogens (tertiary/aromatic N) is 1. The molecule has 3 amide bonds. The van der Waals surface area contributed by atoms with E-state index in [4.69, 9.17) is 21.1 Å². The van der Waals surface area contributed by atoms with Crippen LogP contribution in [-0.2, 0) is 16.1 Å². The number of nitrogens with one attached hydrogen (secondary N) is 1. The predicted molar refractivity (Wildman–Crippen MR) is 149 cm³/mol. The van der Waals surface area contributed by atoms with Gasteiger partial charge in [0.25, 0.3) is 17.1 Å². The lowest BCUT2D eigenvalue weighted by Crippen LogP contribution is -2.27. The molecule has 4 rings (SSSR count). The first-order chi connectivity index (χ1) is 17.3. The SMILES string of the molecule is COc1cc(/C=C2\SC(=O)N(Cc3ccc(I)cc3)C2=O)ccc1OCC(=O)Nc1ccc(Cl)cc1. The number of imide groups is 1. The molecule has 0 radical (unpaired) electrons. The molecule has 1 aliphatic heterocycles. The fourth-order valence-corrected chi connectivity index (χ4v) is 4.65. The van der Waals surface area contributed by atoms with Crippen molar-refractivity contribution in [3.05, 3.63) is 91.4 Å². The molecule has 3 aromatic carbocycles. The van der Waals surface area contributed by atoms with Crippen molar-refractivity contribution in [3.8, 4) is 11.5 Å². The van der Waals surface area contributed by atoms with Gasteiger partial charge in [0.2, 0.25) is 0 Å². The minimum atomic E-state index is -0.346. The summed E-state index contributed by atoms with van der Waals surface area (Å²) in [5, 5.41) is 2.98. The van der Waals surface area contributed by atoms with E-state index in [2.05, 4.69) is 27.9 Å². The van der Waals surface area contributed by atoms with Gasteiger partial charge in [-0.3, -0.25) is 19.3 Å². The van der Waals surface area contributed by atoms with Crippen LogP contribution in [0.15, 0.2) is 71.6 Å². The van der Waals surface area contributed by atoms with Gasteiger partial charge < -0.3 is 14.8 Å². The van der Waals surface area contributed by atoms with Gasteiger partial charge in [-0.1, -0.05) is 29.8 Å². The van der Waals surface area contributed by atoms with Crippen molar-refractivity contribution < 1.29 is 23.9 Å². The molecule has 0 aliphatic carbocycles. The molecule has 3 aromatic rings. The molecule has 0 atom stereocenters. The van der Waals surface area contributed by atoms with Gasteiger partial charge in [0.05, 0.1) is 18.6 Å². The second-order valence-corrected chi connectivity index (χ2v) is 10.3. The number of rotatable bonds is 8. The van der Waals surface area contributed by atoms with Crippen molar-refractivity contribution in [2.45, 2.75) is 6.54 Å². The van der Waals surface area contributed by atoms with Crippen molar-refractivity contribution >= 4 is 74.8 Å². The highest BCUT2D eigenvalue weighted by molar-refractivity contribution is 14.1. The van der Waals surface area contributed by atoms with E-state index in [0.717, 1.165) is 20.9 Å². The van der Waals surface area contributed by atoms with Crippen LogP contribution in [-0.4, -0.2) is 35.7 Å². The number of hydrogen-bond donors (Lipinski definition) is 1. The molecule has 1 saturated heterocycles. The fourth-order valence-electron chi connectivity index (χ4n) is 3.33. The van der Waals surface area contributed by atoms with Crippen molar-refractivity contribution in [2.24, 2.45) is 0 Å². The normalized spacial score (nSPS) is 14.3. The summed E-state index contributed by atoms with van der Waals surface area (Å²) in [6.45, 7) is -0.0110. The monoisotopic (exact) mass is 634 g/mol. The van der Waals surface area contributed by atoms with Gasteiger partial charge in [-0.05, 0) is 100 Å². The third kappa shape index (κ3) is 6.59. The lowest BCUT2D eigenvalue weighted by Gasteiger charge is -2.12. The van der Waals surface area contributed by atoms with E-state index in [-0.39, 0.29) is 30.2 Å². The smallest absolute Gasteiger partial charge is 0.293 e. The Kier molecular flexibility index (Phi) is 8.55. The maximum Gasteiger partial charge on any atom is 0.293 e. The molecule has 184 valence electrons. The zero-order chi connectivity index (χ0) is 25.7. The summed E-state index contributed by atoms with van der Waals surface area (Å²) in [6.07, 6.45) is 1.64. The Morgan fingerprint density at radius 2 is 1.78 bits per heavy atom. The van der Waals surface area contributed by atoms with Crippen molar-refractivity contribution in [1.82, 2.24) is 4.90 Å². The Hall–Kier alpha value is -3.02. The average Bonchev–Trinajstić information content (AvgIpc) is 3.13. The molecular weight excluding hydrogens is 615 g/mol. The highest BCUT2D eigenvalue weighted by atomic mass is 127. The van der Waals surface area contributed by atoms with Gasteiger partial charge >= 0.3 is 0 Å². The molecule has 1 N–H and O–H groups in total. The topological polar surface area (TPSA) is 84.9 Å². The van der Waals surface area contributed by atoms with E-state index in [1.165, 1.54) is 12.0 Å². The Balaban J connectivity index is 1.41. The van der Waals surface area contributed by atoms with Crippen LogP contribution in [0.2, 0.25) is 5.02 Å². The maximum absolute atomic E-state index is 12.9. The van der Waals surface area contributed by atoms with Crippen LogP contribution < -0.4 is 14.8 Å². The van der Waals surface area contributed by atoms with Crippen LogP contribution >= 0.6 is 46.0 Å². The molecule has 36 heavy (non-hydrogen) atoms. The number of thioether (sulfide) groups is 1. The Morgan fingerprint density at radius 3 is 2.47 bits per heavy atom. The number of methoxy groups -OCH3 is 1. The van der Waals surface area contributed by atoms with Crippen molar-refractivity contribution in [2.75, 3.05) is 19.0 Å². The molecule has 0 saturated carbocycles. The third-order valence-corrected chi connectivity index (χ3v) is 6.98. The Labute approximate surface area is 230 Å². The molecule has 0 spiro atoms. The lowest BCUT2D eigenvalue weighted by atomic mass is 10.1. The van der Waals surface area contributed by atoms with Gasteiger partial charge in [-0.15, -0.1) is 0 Å². The third-order valence-electron chi connectivity index (χ3n) is 5.10. The van der Waals surface area contributed by atoms with Gasteiger partial charge in [0, 0.05) is 14.3 Å². The molecule has 0 bridgehead atoms. The first kappa shape index (κ1) is 26.1. The van der Waals surface area contributed by atoms with E-state index >= 15 is 0 Å². The fraction of sp³-hybridized carbons (Fsp3) is 0.115. The molecule has 0 unspecified atom stereocenters. The van der Waals surface area contributed by atoms with Crippen LogP contribution in [0.4, 0.5) is 10.5 Å². The van der Waals surface area contributed by atoms with E-state index in [0.29, 0.717) is 32.7 Å². The maximum atomic E-state index is 12.9. The highest BCUT2D eigenvalue weighted by Gasteiger charge is 2.35. The Morgan fingerprint density at radius 1 is 1.06 bits per heavy atom. The molecule has 0 aromatic heterocycles. The number of benzene rings is 3. The minimum absolute atomic E-state index is 0.215. The summed E-state index contributed by atoms with van der Waals surface area (Å²) in [4.78, 5) is 39.1. The summed E-state index contributed by atoms with van der Waals surface area (Å²) >= 11 is 8.95. The summed E-state index contributed by atoms with van der Waals surface area (Å²) in [7, 11) is 1.48. The van der Waals surface area contributed by atoms with Gasteiger partial charge in [-0.2, -0.15) is 0 Å². The van der Waals surface area contributed by atoms with Gasteiger partial charge in [-0.25, -0.2) is 0 Å². The van der Waals surface area contributed by atoms with Crippen LogP contribution in [0, 0.1) is 3.57 Å². The molecule has 10 heteroatoms. The summed E-state index contributed by atoms with van der Waals surface area (Å²) in [5.41, 5.74) is 2.14. The van der Waals surface area contributed by atoms with Crippen LogP contribution in [0.5, 0.6) is 11.5 Å². The first-order valence-electron chi connectivity index (χ1n) is 10.7. The number of ether oxygens (including phenoxy) is 2. The zero-order valence-corrected chi connectivity index (χ0v) is 22.7. The van der Waals surface area contributed by atoms with Crippen LogP contribution in [0.25, 0.3) is 6.08 Å². The number of carbonyl (C=O) groups excluding carboxylic acids is 3. The van der Waals surface area contributed by atoms with Crippen molar-refractivity contribution in [1.29, 1.82) is 0 Å². The molecule has 1 aliphatic rings. The minimum Gasteiger partial charge on any atom is -0.493 e. The van der Waals surface area contributed by atoms with Crippen molar-refractivity contribution in [3.63, 3.8) is 0 Å². The van der Waals surface area contributed by atoms with Crippen LogP contribution in [0.3, 0.4) is 0 Å². The Bertz CT molecular complexity index is 1330. The molecule has 7 nitrogen and oxygen atoms in total. The quantitative estimate of drug-likeness (QED) is 0.235. The van der Waals surface area contributed by atoms with E-state index in [9.17, 15) is 14.4 Å². The largest absolute Gasteiger partial charge is 0.493 e. The molecule has 1 heterocycles. The molecular formula is C26H20ClIN2O5S. The first-order valence-corrected chi connectivity index (χ1v) is 13.0. The number of amides is 3. The highest BCUT2D eigenvalue weighted by Crippen LogP contribution is 2.35. The van der Waals surface area contributed by atoms with Gasteiger partial charge in [0.1, 0.15) is 0 Å². The zero-order valence-electron chi connectivity index (χ0n) is 19.0. The summed E-state index contributed by atoms with van der Waals surface area (Å²) < 4.78 is 12.1. The second kappa shape index (κ2) is 11.8. The second-order valence-electron chi connectivity index (χ2n) is 7.65. The van der Waals surface area contributed by atoms with E-state index < -0.39 is 0 Å². The van der Waals surface area contributed by atoms with Gasteiger partial charge in [0.15, 0.2) is 18.1 Å².